The molecule has 3 N–H and O–H groups in total. The van der Waals surface area contributed by atoms with E-state index in [4.69, 9.17) is 5.73 Å². The molecule has 1 heterocycles. The van der Waals surface area contributed by atoms with Crippen molar-refractivity contribution in [2.24, 2.45) is 11.7 Å². The van der Waals surface area contributed by atoms with Crippen LogP contribution in [0.5, 0.6) is 0 Å². The molecule has 3 rings (SSSR count). The highest BCUT2D eigenvalue weighted by atomic mass is 16.2. The molecule has 0 bridgehead atoms. The number of para-hydroxylation sites is 2. The number of amides is 2. The van der Waals surface area contributed by atoms with Gasteiger partial charge < -0.3 is 11.1 Å². The molecule has 0 saturated heterocycles. The smallest absolute Gasteiger partial charge is 0.240 e. The van der Waals surface area contributed by atoms with Crippen molar-refractivity contribution in [1.82, 2.24) is 15.3 Å². The Morgan fingerprint density at radius 3 is 2.67 bits per heavy atom. The van der Waals surface area contributed by atoms with Crippen molar-refractivity contribution in [3.05, 3.63) is 36.2 Å². The van der Waals surface area contributed by atoms with E-state index in [1.165, 1.54) is 0 Å². The van der Waals surface area contributed by atoms with Crippen LogP contribution in [-0.2, 0) is 16.0 Å². The number of carbonyl (C=O) groups excluding carboxylic acids is 2. The fourth-order valence-corrected chi connectivity index (χ4v) is 2.16. The Morgan fingerprint density at radius 1 is 1.29 bits per heavy atom. The number of fused-ring (bicyclic) bond motifs is 1. The third-order valence-electron chi connectivity index (χ3n) is 3.52. The lowest BCUT2D eigenvalue weighted by Crippen LogP contribution is -2.46. The third-order valence-corrected chi connectivity index (χ3v) is 3.52. The average Bonchev–Trinajstić information content (AvgIpc) is 3.31. The summed E-state index contributed by atoms with van der Waals surface area (Å²) < 4.78 is 0. The molecule has 1 fully saturated rings. The van der Waals surface area contributed by atoms with Crippen LogP contribution < -0.4 is 11.1 Å². The zero-order valence-corrected chi connectivity index (χ0v) is 11.5. The van der Waals surface area contributed by atoms with Crippen molar-refractivity contribution in [3.63, 3.8) is 0 Å². The molecule has 108 valence electrons. The Labute approximate surface area is 121 Å². The van der Waals surface area contributed by atoms with Crippen LogP contribution >= 0.6 is 0 Å². The van der Waals surface area contributed by atoms with Crippen LogP contribution in [0.3, 0.4) is 0 Å². The van der Waals surface area contributed by atoms with Gasteiger partial charge in [0.25, 0.3) is 0 Å². The Bertz CT molecular complexity index is 697. The van der Waals surface area contributed by atoms with Gasteiger partial charge in [-0.05, 0) is 25.0 Å². The maximum atomic E-state index is 11.8. The quantitative estimate of drug-likeness (QED) is 0.837. The minimum atomic E-state index is -0.742. The van der Waals surface area contributed by atoms with Gasteiger partial charge in [0.1, 0.15) is 6.04 Å². The normalized spacial score (nSPS) is 15.6. The van der Waals surface area contributed by atoms with Crippen molar-refractivity contribution in [3.8, 4) is 0 Å². The van der Waals surface area contributed by atoms with Gasteiger partial charge >= 0.3 is 0 Å². The van der Waals surface area contributed by atoms with Gasteiger partial charge in [-0.1, -0.05) is 12.1 Å². The van der Waals surface area contributed by atoms with Gasteiger partial charge in [-0.15, -0.1) is 0 Å². The number of aromatic nitrogens is 2. The first-order valence-corrected chi connectivity index (χ1v) is 6.94. The minimum Gasteiger partial charge on any atom is -0.368 e. The van der Waals surface area contributed by atoms with E-state index in [0.717, 1.165) is 23.9 Å². The molecular formula is C15H16N4O2. The molecule has 1 aromatic carbocycles. The predicted octanol–water partition coefficient (Wildman–Crippen LogP) is 0.552. The summed E-state index contributed by atoms with van der Waals surface area (Å²) >= 11 is 0. The van der Waals surface area contributed by atoms with Crippen molar-refractivity contribution in [2.45, 2.75) is 25.3 Å². The van der Waals surface area contributed by atoms with Crippen molar-refractivity contribution in [2.75, 3.05) is 0 Å². The van der Waals surface area contributed by atoms with Crippen LogP contribution in [0.15, 0.2) is 30.5 Å². The number of benzene rings is 1. The van der Waals surface area contributed by atoms with Crippen LogP contribution in [-0.4, -0.2) is 27.8 Å². The lowest BCUT2D eigenvalue weighted by Gasteiger charge is -2.15. The van der Waals surface area contributed by atoms with Crippen molar-refractivity contribution < 1.29 is 9.59 Å². The third kappa shape index (κ3) is 3.16. The Morgan fingerprint density at radius 2 is 2.00 bits per heavy atom. The van der Waals surface area contributed by atoms with Crippen LogP contribution in [0.4, 0.5) is 0 Å². The second kappa shape index (κ2) is 5.47. The van der Waals surface area contributed by atoms with Gasteiger partial charge in [-0.25, -0.2) is 4.98 Å². The lowest BCUT2D eigenvalue weighted by atomic mass is 10.1. The van der Waals surface area contributed by atoms with Crippen molar-refractivity contribution in [1.29, 1.82) is 0 Å². The molecule has 21 heavy (non-hydrogen) atoms. The molecule has 0 radical (unpaired) electrons. The van der Waals surface area contributed by atoms with E-state index >= 15 is 0 Å². The van der Waals surface area contributed by atoms with Crippen LogP contribution in [0.25, 0.3) is 11.0 Å². The molecule has 1 aromatic heterocycles. The first-order chi connectivity index (χ1) is 10.1. The maximum absolute atomic E-state index is 11.8. The molecule has 1 aliphatic rings. The molecule has 2 amide bonds. The molecule has 1 atom stereocenters. The fourth-order valence-electron chi connectivity index (χ4n) is 2.16. The maximum Gasteiger partial charge on any atom is 0.240 e. The van der Waals surface area contributed by atoms with E-state index in [9.17, 15) is 9.59 Å². The summed E-state index contributed by atoms with van der Waals surface area (Å²) in [6.45, 7) is 0. The summed E-state index contributed by atoms with van der Waals surface area (Å²) in [6.07, 6.45) is 3.63. The largest absolute Gasteiger partial charge is 0.368 e. The van der Waals surface area contributed by atoms with E-state index in [-0.39, 0.29) is 18.2 Å². The molecule has 0 unspecified atom stereocenters. The number of hydrogen-bond donors (Lipinski definition) is 2. The van der Waals surface area contributed by atoms with Crippen molar-refractivity contribution >= 4 is 22.8 Å². The molecular weight excluding hydrogens is 268 g/mol. The molecule has 1 aliphatic carbocycles. The molecule has 1 saturated carbocycles. The Hall–Kier alpha value is -2.50. The zero-order valence-electron chi connectivity index (χ0n) is 11.5. The van der Waals surface area contributed by atoms with Gasteiger partial charge in [0.2, 0.25) is 11.8 Å². The highest BCUT2D eigenvalue weighted by Gasteiger charge is 2.32. The molecule has 2 aromatic rings. The fraction of sp³-hybridized carbons (Fsp3) is 0.333. The molecule has 6 heteroatoms. The van der Waals surface area contributed by atoms with Gasteiger partial charge in [0.05, 0.1) is 16.7 Å². The minimum absolute atomic E-state index is 0.0366. The number of nitrogens with one attached hydrogen (secondary N) is 1. The molecule has 6 nitrogen and oxygen atoms in total. The first-order valence-electron chi connectivity index (χ1n) is 6.94. The van der Waals surface area contributed by atoms with Crippen LogP contribution in [0.2, 0.25) is 0 Å². The summed E-state index contributed by atoms with van der Waals surface area (Å²) in [5.74, 6) is -0.624. The van der Waals surface area contributed by atoms with E-state index in [0.29, 0.717) is 5.69 Å². The summed E-state index contributed by atoms with van der Waals surface area (Å²) in [7, 11) is 0. The number of rotatable bonds is 5. The van der Waals surface area contributed by atoms with E-state index in [1.54, 1.807) is 6.20 Å². The van der Waals surface area contributed by atoms with Gasteiger partial charge in [0, 0.05) is 18.5 Å². The number of carbonyl (C=O) groups is 2. The van der Waals surface area contributed by atoms with Gasteiger partial charge in [-0.3, -0.25) is 14.6 Å². The monoisotopic (exact) mass is 284 g/mol. The zero-order chi connectivity index (χ0) is 14.8. The standard InChI is InChI=1S/C15H16N4O2/c16-14(20)13(19-15(21)9-5-6-9)7-10-8-17-11-3-1-2-4-12(11)18-10/h1-4,8-9,13H,5-7H2,(H2,16,20)(H,19,21)/t13-/m0/s1. The highest BCUT2D eigenvalue weighted by Crippen LogP contribution is 2.28. The van der Waals surface area contributed by atoms with Gasteiger partial charge in [0.15, 0.2) is 0 Å². The first kappa shape index (κ1) is 13.5. The van der Waals surface area contributed by atoms with Crippen LogP contribution in [0.1, 0.15) is 18.5 Å². The molecule has 0 aliphatic heterocycles. The number of nitrogens with two attached hydrogens (primary N) is 1. The topological polar surface area (TPSA) is 98.0 Å². The summed E-state index contributed by atoms with van der Waals surface area (Å²) in [5, 5.41) is 2.69. The highest BCUT2D eigenvalue weighted by molar-refractivity contribution is 5.88. The predicted molar refractivity (Wildman–Crippen MR) is 77.1 cm³/mol. The second-order valence-corrected chi connectivity index (χ2v) is 5.29. The van der Waals surface area contributed by atoms with E-state index in [2.05, 4.69) is 15.3 Å². The number of hydrogen-bond acceptors (Lipinski definition) is 4. The summed E-state index contributed by atoms with van der Waals surface area (Å²) in [4.78, 5) is 32.0. The average molecular weight is 284 g/mol. The summed E-state index contributed by atoms with van der Waals surface area (Å²) in [5.41, 5.74) is 7.54. The SMILES string of the molecule is NC(=O)[C@H](Cc1cnc2ccccc2n1)NC(=O)C1CC1. The Kier molecular flexibility index (Phi) is 3.51. The second-order valence-electron chi connectivity index (χ2n) is 5.29. The van der Waals surface area contributed by atoms with Crippen LogP contribution in [0, 0.1) is 5.92 Å². The van der Waals surface area contributed by atoms with E-state index in [1.807, 2.05) is 24.3 Å². The van der Waals surface area contributed by atoms with E-state index < -0.39 is 11.9 Å². The number of primary amides is 1. The summed E-state index contributed by atoms with van der Waals surface area (Å²) in [6, 6.07) is 6.74. The lowest BCUT2D eigenvalue weighted by molar-refractivity contribution is -0.128. The van der Waals surface area contributed by atoms with Gasteiger partial charge in [-0.2, -0.15) is 0 Å². The Balaban J connectivity index is 1.76. The number of nitrogens with zero attached hydrogens (tertiary/aromatic N) is 2. The molecule has 0 spiro atoms.